The number of hydrogen-bond acceptors (Lipinski definition) is 2. The highest BCUT2D eigenvalue weighted by atomic mass is 16.5. The van der Waals surface area contributed by atoms with Crippen molar-refractivity contribution in [2.24, 2.45) is 0 Å². The van der Waals surface area contributed by atoms with E-state index in [-0.39, 0.29) is 0 Å². The van der Waals surface area contributed by atoms with Gasteiger partial charge in [-0.1, -0.05) is 54.6 Å². The summed E-state index contributed by atoms with van der Waals surface area (Å²) in [4.78, 5) is 11.3. The van der Waals surface area contributed by atoms with Crippen molar-refractivity contribution >= 4 is 6.29 Å². The zero-order valence-corrected chi connectivity index (χ0v) is 14.0. The third kappa shape index (κ3) is 3.38. The van der Waals surface area contributed by atoms with Crippen LogP contribution in [0, 0.1) is 13.8 Å². The molecule has 24 heavy (non-hydrogen) atoms. The molecular weight excluding hydrogens is 296 g/mol. The summed E-state index contributed by atoms with van der Waals surface area (Å²) < 4.78 is 6.18. The van der Waals surface area contributed by atoms with Crippen LogP contribution < -0.4 is 4.74 Å². The minimum atomic E-state index is 0.665. The monoisotopic (exact) mass is 316 g/mol. The molecule has 2 heteroatoms. The molecule has 0 saturated carbocycles. The fourth-order valence-electron chi connectivity index (χ4n) is 2.75. The first kappa shape index (κ1) is 16.0. The second-order valence-electron chi connectivity index (χ2n) is 5.90. The third-order valence-corrected chi connectivity index (χ3v) is 4.28. The summed E-state index contributed by atoms with van der Waals surface area (Å²) in [6.45, 7) is 4.15. The maximum atomic E-state index is 11.3. The Morgan fingerprint density at radius 2 is 1.54 bits per heavy atom. The second kappa shape index (κ2) is 7.14. The molecule has 120 valence electrons. The van der Waals surface area contributed by atoms with Gasteiger partial charge in [-0.2, -0.15) is 0 Å². The van der Waals surface area contributed by atoms with E-state index >= 15 is 0 Å². The van der Waals surface area contributed by atoms with Crippen LogP contribution in [0.5, 0.6) is 11.5 Å². The molecule has 3 aromatic carbocycles. The third-order valence-electron chi connectivity index (χ3n) is 4.28. The fraction of sp³-hybridized carbons (Fsp3) is 0.136. The molecule has 0 heterocycles. The average Bonchev–Trinajstić information content (AvgIpc) is 2.62. The van der Waals surface area contributed by atoms with E-state index in [2.05, 4.69) is 26.0 Å². The Morgan fingerprint density at radius 1 is 0.833 bits per heavy atom. The Labute approximate surface area is 142 Å². The van der Waals surface area contributed by atoms with Crippen molar-refractivity contribution in [3.63, 3.8) is 0 Å². The Balaban J connectivity index is 2.01. The highest BCUT2D eigenvalue weighted by molar-refractivity contribution is 5.77. The van der Waals surface area contributed by atoms with Crippen molar-refractivity contribution < 1.29 is 9.53 Å². The number of carbonyl (C=O) groups excluding carboxylic acids is 1. The van der Waals surface area contributed by atoms with Crippen LogP contribution in [-0.2, 0) is 6.42 Å². The number of hydrogen-bond donors (Lipinski definition) is 0. The van der Waals surface area contributed by atoms with Gasteiger partial charge in [0.25, 0.3) is 0 Å². The quantitative estimate of drug-likeness (QED) is 0.581. The molecule has 3 aromatic rings. The Hall–Kier alpha value is -2.87. The van der Waals surface area contributed by atoms with Crippen molar-refractivity contribution in [3.05, 3.63) is 94.5 Å². The molecular formula is C22H20O2. The number of ether oxygens (including phenoxy) is 1. The molecule has 0 saturated heterocycles. The molecule has 2 nitrogen and oxygen atoms in total. The van der Waals surface area contributed by atoms with Crippen molar-refractivity contribution in [2.45, 2.75) is 20.3 Å². The minimum absolute atomic E-state index is 0.665. The summed E-state index contributed by atoms with van der Waals surface area (Å²) in [5.74, 6) is 1.69. The van der Waals surface area contributed by atoms with Crippen molar-refractivity contribution in [1.29, 1.82) is 0 Å². The van der Waals surface area contributed by atoms with Crippen molar-refractivity contribution in [1.82, 2.24) is 0 Å². The lowest BCUT2D eigenvalue weighted by Crippen LogP contribution is -2.00. The van der Waals surface area contributed by atoms with Gasteiger partial charge in [0.1, 0.15) is 17.8 Å². The zero-order valence-electron chi connectivity index (χ0n) is 14.0. The molecule has 0 aromatic heterocycles. The van der Waals surface area contributed by atoms with Crippen molar-refractivity contribution in [3.8, 4) is 11.5 Å². The number of benzene rings is 3. The zero-order chi connectivity index (χ0) is 16.9. The summed E-state index contributed by atoms with van der Waals surface area (Å²) in [7, 11) is 0. The van der Waals surface area contributed by atoms with Gasteiger partial charge in [0.05, 0.1) is 0 Å². The van der Waals surface area contributed by atoms with E-state index in [9.17, 15) is 4.79 Å². The molecule has 0 spiro atoms. The summed E-state index contributed by atoms with van der Waals surface area (Å²) in [6.07, 6.45) is 1.58. The van der Waals surface area contributed by atoms with E-state index in [4.69, 9.17) is 4.74 Å². The van der Waals surface area contributed by atoms with Gasteiger partial charge in [-0.3, -0.25) is 4.79 Å². The molecule has 0 aliphatic carbocycles. The lowest BCUT2D eigenvalue weighted by atomic mass is 9.96. The minimum Gasteiger partial charge on any atom is -0.457 e. The summed E-state index contributed by atoms with van der Waals surface area (Å²) in [6, 6.07) is 21.7. The first-order valence-corrected chi connectivity index (χ1v) is 8.04. The van der Waals surface area contributed by atoms with E-state index in [1.54, 1.807) is 0 Å². The van der Waals surface area contributed by atoms with E-state index in [0.717, 1.165) is 40.0 Å². The normalized spacial score (nSPS) is 10.4. The summed E-state index contributed by atoms with van der Waals surface area (Å²) in [5, 5.41) is 0. The molecule has 0 atom stereocenters. The standard InChI is InChI=1S/C22H20O2/c1-16-12-13-19(14-18-8-6-7-9-20(18)15-23)22(17(16)2)24-21-10-4-3-5-11-21/h3-13,15H,14H2,1-2H3. The van der Waals surface area contributed by atoms with E-state index in [1.165, 1.54) is 5.56 Å². The molecule has 0 radical (unpaired) electrons. The predicted octanol–water partition coefficient (Wildman–Crippen LogP) is 5.50. The van der Waals surface area contributed by atoms with Gasteiger partial charge in [0, 0.05) is 12.0 Å². The van der Waals surface area contributed by atoms with Crippen LogP contribution in [-0.4, -0.2) is 6.29 Å². The number of para-hydroxylation sites is 1. The Bertz CT molecular complexity index is 851. The molecule has 0 N–H and O–H groups in total. The van der Waals surface area contributed by atoms with Gasteiger partial charge >= 0.3 is 0 Å². The van der Waals surface area contributed by atoms with Crippen LogP contribution in [0.4, 0.5) is 0 Å². The van der Waals surface area contributed by atoms with E-state index < -0.39 is 0 Å². The number of aryl methyl sites for hydroxylation is 1. The number of carbonyl (C=O) groups is 1. The molecule has 3 rings (SSSR count). The highest BCUT2D eigenvalue weighted by Crippen LogP contribution is 2.32. The van der Waals surface area contributed by atoms with Crippen LogP contribution in [0.15, 0.2) is 66.7 Å². The Morgan fingerprint density at radius 3 is 2.29 bits per heavy atom. The smallest absolute Gasteiger partial charge is 0.150 e. The van der Waals surface area contributed by atoms with Gasteiger partial charge in [-0.15, -0.1) is 0 Å². The van der Waals surface area contributed by atoms with E-state index in [0.29, 0.717) is 6.42 Å². The lowest BCUT2D eigenvalue weighted by molar-refractivity contribution is 0.112. The molecule has 0 unspecified atom stereocenters. The molecule has 0 aliphatic heterocycles. The maximum Gasteiger partial charge on any atom is 0.150 e. The van der Waals surface area contributed by atoms with Crippen LogP contribution in [0.2, 0.25) is 0 Å². The van der Waals surface area contributed by atoms with Gasteiger partial charge in [0.2, 0.25) is 0 Å². The maximum absolute atomic E-state index is 11.3. The van der Waals surface area contributed by atoms with Gasteiger partial charge < -0.3 is 4.74 Å². The van der Waals surface area contributed by atoms with E-state index in [1.807, 2.05) is 54.6 Å². The molecule has 0 bridgehead atoms. The fourth-order valence-corrected chi connectivity index (χ4v) is 2.75. The van der Waals surface area contributed by atoms with Crippen LogP contribution in [0.3, 0.4) is 0 Å². The number of rotatable bonds is 5. The first-order chi connectivity index (χ1) is 11.7. The largest absolute Gasteiger partial charge is 0.457 e. The molecule has 0 aliphatic rings. The predicted molar refractivity (Wildman–Crippen MR) is 97.1 cm³/mol. The van der Waals surface area contributed by atoms with Crippen LogP contribution >= 0.6 is 0 Å². The van der Waals surface area contributed by atoms with Gasteiger partial charge in [-0.05, 0) is 48.2 Å². The first-order valence-electron chi connectivity index (χ1n) is 8.04. The average molecular weight is 316 g/mol. The Kier molecular flexibility index (Phi) is 4.76. The summed E-state index contributed by atoms with van der Waals surface area (Å²) in [5.41, 5.74) is 5.12. The number of aldehydes is 1. The van der Waals surface area contributed by atoms with Crippen LogP contribution in [0.25, 0.3) is 0 Å². The SMILES string of the molecule is Cc1ccc(Cc2ccccc2C=O)c(Oc2ccccc2)c1C. The molecule has 0 fully saturated rings. The van der Waals surface area contributed by atoms with Crippen LogP contribution in [0.1, 0.15) is 32.6 Å². The summed E-state index contributed by atoms with van der Waals surface area (Å²) >= 11 is 0. The molecule has 0 amide bonds. The highest BCUT2D eigenvalue weighted by Gasteiger charge is 2.13. The second-order valence-corrected chi connectivity index (χ2v) is 5.90. The topological polar surface area (TPSA) is 26.3 Å². The van der Waals surface area contributed by atoms with Gasteiger partial charge in [-0.25, -0.2) is 0 Å². The van der Waals surface area contributed by atoms with Crippen molar-refractivity contribution in [2.75, 3.05) is 0 Å². The van der Waals surface area contributed by atoms with Gasteiger partial charge in [0.15, 0.2) is 0 Å². The lowest BCUT2D eigenvalue weighted by Gasteiger charge is -2.16.